The van der Waals surface area contributed by atoms with Crippen molar-refractivity contribution in [2.45, 2.75) is 52.4 Å². The first-order chi connectivity index (χ1) is 8.76. The summed E-state index contributed by atoms with van der Waals surface area (Å²) in [6, 6.07) is 0. The third-order valence-electron chi connectivity index (χ3n) is 4.25. The highest BCUT2D eigenvalue weighted by Crippen LogP contribution is 2.43. The minimum absolute atomic E-state index is 0.384. The SMILES string of the molecule is CC/C=C\CC[C@H]1C[C@H]1CN(CC)C(=O)C1CC1. The van der Waals surface area contributed by atoms with Gasteiger partial charge in [0.15, 0.2) is 0 Å². The highest BCUT2D eigenvalue weighted by atomic mass is 16.2. The van der Waals surface area contributed by atoms with E-state index >= 15 is 0 Å². The van der Waals surface area contributed by atoms with Crippen LogP contribution in [-0.2, 0) is 4.79 Å². The lowest BCUT2D eigenvalue weighted by molar-refractivity contribution is -0.132. The largest absolute Gasteiger partial charge is 0.342 e. The molecule has 102 valence electrons. The summed E-state index contributed by atoms with van der Waals surface area (Å²) in [6.07, 6.45) is 11.8. The zero-order chi connectivity index (χ0) is 13.0. The monoisotopic (exact) mass is 249 g/mol. The highest BCUT2D eigenvalue weighted by Gasteiger charge is 2.40. The van der Waals surface area contributed by atoms with Crippen LogP contribution in [0, 0.1) is 17.8 Å². The van der Waals surface area contributed by atoms with E-state index in [1.165, 1.54) is 19.3 Å². The van der Waals surface area contributed by atoms with Crippen molar-refractivity contribution in [3.05, 3.63) is 12.2 Å². The Hall–Kier alpha value is -0.790. The molecule has 2 aliphatic carbocycles. The Kier molecular flexibility index (Phi) is 4.85. The van der Waals surface area contributed by atoms with Gasteiger partial charge < -0.3 is 4.90 Å². The number of carbonyl (C=O) groups is 1. The molecule has 2 fully saturated rings. The second kappa shape index (κ2) is 6.40. The summed E-state index contributed by atoms with van der Waals surface area (Å²) in [5.41, 5.74) is 0. The van der Waals surface area contributed by atoms with Crippen LogP contribution in [0.1, 0.15) is 52.4 Å². The molecular weight excluding hydrogens is 222 g/mol. The van der Waals surface area contributed by atoms with Gasteiger partial charge in [-0.05, 0) is 57.3 Å². The zero-order valence-electron chi connectivity index (χ0n) is 11.9. The fourth-order valence-corrected chi connectivity index (χ4v) is 2.73. The summed E-state index contributed by atoms with van der Waals surface area (Å²) >= 11 is 0. The van der Waals surface area contributed by atoms with Crippen molar-refractivity contribution in [1.29, 1.82) is 0 Å². The van der Waals surface area contributed by atoms with Gasteiger partial charge >= 0.3 is 0 Å². The normalized spacial score (nSPS) is 26.6. The summed E-state index contributed by atoms with van der Waals surface area (Å²) in [5.74, 6) is 2.49. The summed E-state index contributed by atoms with van der Waals surface area (Å²) in [4.78, 5) is 14.1. The maximum Gasteiger partial charge on any atom is 0.225 e. The lowest BCUT2D eigenvalue weighted by atomic mass is 10.1. The number of hydrogen-bond donors (Lipinski definition) is 0. The zero-order valence-corrected chi connectivity index (χ0v) is 11.9. The Morgan fingerprint density at radius 1 is 1.22 bits per heavy atom. The molecule has 0 heterocycles. The number of amides is 1. The predicted octanol–water partition coefficient (Wildman–Crippen LogP) is 3.63. The maximum absolute atomic E-state index is 12.0. The van der Waals surface area contributed by atoms with Gasteiger partial charge in [0.1, 0.15) is 0 Å². The number of hydrogen-bond acceptors (Lipinski definition) is 1. The van der Waals surface area contributed by atoms with E-state index in [1.54, 1.807) is 0 Å². The Morgan fingerprint density at radius 3 is 2.61 bits per heavy atom. The topological polar surface area (TPSA) is 20.3 Å². The third kappa shape index (κ3) is 3.86. The molecule has 0 aromatic rings. The van der Waals surface area contributed by atoms with Crippen LogP contribution in [0.2, 0.25) is 0 Å². The lowest BCUT2D eigenvalue weighted by Crippen LogP contribution is -2.34. The Bertz CT molecular complexity index is 306. The molecule has 0 saturated heterocycles. The minimum Gasteiger partial charge on any atom is -0.342 e. The summed E-state index contributed by atoms with van der Waals surface area (Å²) in [7, 11) is 0. The van der Waals surface area contributed by atoms with Gasteiger partial charge in [-0.3, -0.25) is 4.79 Å². The van der Waals surface area contributed by atoms with Crippen LogP contribution < -0.4 is 0 Å². The summed E-state index contributed by atoms with van der Waals surface area (Å²) in [5, 5.41) is 0. The van der Waals surface area contributed by atoms with E-state index in [9.17, 15) is 4.79 Å². The fraction of sp³-hybridized carbons (Fsp3) is 0.812. The fourth-order valence-electron chi connectivity index (χ4n) is 2.73. The molecule has 0 aromatic carbocycles. The van der Waals surface area contributed by atoms with Gasteiger partial charge in [0.05, 0.1) is 0 Å². The van der Waals surface area contributed by atoms with E-state index in [0.29, 0.717) is 11.8 Å². The van der Waals surface area contributed by atoms with E-state index in [-0.39, 0.29) is 0 Å². The van der Waals surface area contributed by atoms with Crippen LogP contribution in [0.3, 0.4) is 0 Å². The van der Waals surface area contributed by atoms with Gasteiger partial charge in [-0.25, -0.2) is 0 Å². The highest BCUT2D eigenvalue weighted by molar-refractivity contribution is 5.81. The van der Waals surface area contributed by atoms with Crippen LogP contribution in [0.5, 0.6) is 0 Å². The van der Waals surface area contributed by atoms with Crippen molar-refractivity contribution in [3.8, 4) is 0 Å². The molecule has 2 aliphatic rings. The van der Waals surface area contributed by atoms with E-state index in [2.05, 4.69) is 30.9 Å². The molecule has 0 unspecified atom stereocenters. The molecule has 0 spiro atoms. The molecule has 2 nitrogen and oxygen atoms in total. The Balaban J connectivity index is 1.64. The quantitative estimate of drug-likeness (QED) is 0.602. The minimum atomic E-state index is 0.384. The molecule has 0 radical (unpaired) electrons. The van der Waals surface area contributed by atoms with Crippen LogP contribution >= 0.6 is 0 Å². The molecule has 2 atom stereocenters. The van der Waals surface area contributed by atoms with E-state index in [1.807, 2.05) is 0 Å². The van der Waals surface area contributed by atoms with E-state index < -0.39 is 0 Å². The predicted molar refractivity (Wildman–Crippen MR) is 75.2 cm³/mol. The van der Waals surface area contributed by atoms with Crippen LogP contribution in [0.25, 0.3) is 0 Å². The molecule has 2 saturated carbocycles. The van der Waals surface area contributed by atoms with Crippen molar-refractivity contribution in [2.24, 2.45) is 17.8 Å². The molecule has 18 heavy (non-hydrogen) atoms. The maximum atomic E-state index is 12.0. The van der Waals surface area contributed by atoms with Crippen molar-refractivity contribution in [3.63, 3.8) is 0 Å². The average molecular weight is 249 g/mol. The number of carbonyl (C=O) groups excluding carboxylic acids is 1. The first-order valence-corrected chi connectivity index (χ1v) is 7.70. The van der Waals surface area contributed by atoms with Crippen molar-refractivity contribution < 1.29 is 4.79 Å². The number of allylic oxidation sites excluding steroid dienone is 2. The van der Waals surface area contributed by atoms with Crippen molar-refractivity contribution >= 4 is 5.91 Å². The van der Waals surface area contributed by atoms with E-state index in [0.717, 1.165) is 44.2 Å². The van der Waals surface area contributed by atoms with E-state index in [4.69, 9.17) is 0 Å². The first-order valence-electron chi connectivity index (χ1n) is 7.70. The molecular formula is C16H27NO. The summed E-state index contributed by atoms with van der Waals surface area (Å²) < 4.78 is 0. The molecule has 0 N–H and O–H groups in total. The summed E-state index contributed by atoms with van der Waals surface area (Å²) in [6.45, 7) is 6.21. The second-order valence-corrected chi connectivity index (χ2v) is 5.86. The van der Waals surface area contributed by atoms with Gasteiger partial charge in [0.2, 0.25) is 5.91 Å². The Morgan fingerprint density at radius 2 is 2.00 bits per heavy atom. The second-order valence-electron chi connectivity index (χ2n) is 5.86. The smallest absolute Gasteiger partial charge is 0.225 e. The van der Waals surface area contributed by atoms with Gasteiger partial charge in [-0.1, -0.05) is 19.1 Å². The van der Waals surface area contributed by atoms with Gasteiger partial charge in [-0.15, -0.1) is 0 Å². The lowest BCUT2D eigenvalue weighted by Gasteiger charge is -2.20. The third-order valence-corrected chi connectivity index (χ3v) is 4.25. The van der Waals surface area contributed by atoms with Gasteiger partial charge in [-0.2, -0.15) is 0 Å². The molecule has 0 aromatic heterocycles. The van der Waals surface area contributed by atoms with Crippen molar-refractivity contribution in [1.82, 2.24) is 4.90 Å². The van der Waals surface area contributed by atoms with Crippen molar-refractivity contribution in [2.75, 3.05) is 13.1 Å². The van der Waals surface area contributed by atoms with Crippen LogP contribution in [0.4, 0.5) is 0 Å². The average Bonchev–Trinajstić information content (AvgIpc) is 3.26. The molecule has 2 heteroatoms. The van der Waals surface area contributed by atoms with Crippen LogP contribution in [-0.4, -0.2) is 23.9 Å². The molecule has 2 rings (SSSR count). The Labute approximate surface area is 111 Å². The molecule has 0 bridgehead atoms. The van der Waals surface area contributed by atoms with Gasteiger partial charge in [0, 0.05) is 19.0 Å². The molecule has 0 aliphatic heterocycles. The number of nitrogens with zero attached hydrogens (tertiary/aromatic N) is 1. The standard InChI is InChI=1S/C16H27NO/c1-3-5-6-7-8-14-11-15(14)12-17(4-2)16(18)13-9-10-13/h5-6,13-15H,3-4,7-12H2,1-2H3/b6-5-/t14-,15-/m0/s1. The molecule has 1 amide bonds. The van der Waals surface area contributed by atoms with Gasteiger partial charge in [0.25, 0.3) is 0 Å². The first kappa shape index (κ1) is 13.6. The number of rotatable bonds is 8. The van der Waals surface area contributed by atoms with Crippen LogP contribution in [0.15, 0.2) is 12.2 Å².